The third kappa shape index (κ3) is 4.81. The van der Waals surface area contributed by atoms with Crippen molar-refractivity contribution in [3.63, 3.8) is 0 Å². The van der Waals surface area contributed by atoms with E-state index in [0.717, 1.165) is 35.7 Å². The van der Waals surface area contributed by atoms with Gasteiger partial charge in [0.2, 0.25) is 5.95 Å². The fourth-order valence-corrected chi connectivity index (χ4v) is 3.27. The highest BCUT2D eigenvalue weighted by Gasteiger charge is 2.21. The van der Waals surface area contributed by atoms with Gasteiger partial charge in [-0.25, -0.2) is 4.98 Å². The van der Waals surface area contributed by atoms with Crippen molar-refractivity contribution in [3.8, 4) is 5.75 Å². The monoisotopic (exact) mass is 393 g/mol. The van der Waals surface area contributed by atoms with Crippen LogP contribution in [0.5, 0.6) is 5.75 Å². The molecule has 7 nitrogen and oxygen atoms in total. The fraction of sp³-hybridized carbons (Fsp3) is 0.318. The number of ether oxygens (including phenoxy) is 1. The zero-order valence-corrected chi connectivity index (χ0v) is 16.7. The van der Waals surface area contributed by atoms with Crippen LogP contribution in [-0.2, 0) is 6.61 Å². The van der Waals surface area contributed by atoms with Gasteiger partial charge in [-0.15, -0.1) is 0 Å². The summed E-state index contributed by atoms with van der Waals surface area (Å²) in [5.41, 5.74) is 6.65. The first-order valence-electron chi connectivity index (χ1n) is 9.77. The lowest BCUT2D eigenvalue weighted by atomic mass is 10.1. The Morgan fingerprint density at radius 3 is 2.86 bits per heavy atom. The summed E-state index contributed by atoms with van der Waals surface area (Å²) in [6.07, 6.45) is 7.77. The second-order valence-corrected chi connectivity index (χ2v) is 6.75. The van der Waals surface area contributed by atoms with Gasteiger partial charge in [0.05, 0.1) is 24.5 Å². The Balaban J connectivity index is 1.88. The second-order valence-electron chi connectivity index (χ2n) is 6.75. The van der Waals surface area contributed by atoms with Crippen molar-refractivity contribution in [2.24, 2.45) is 0 Å². The van der Waals surface area contributed by atoms with Gasteiger partial charge in [-0.2, -0.15) is 4.98 Å². The van der Waals surface area contributed by atoms with Crippen LogP contribution in [0.4, 0.5) is 11.8 Å². The number of nitrogen functional groups attached to an aromatic ring is 1. The molecule has 0 unspecified atom stereocenters. The Labute approximate surface area is 170 Å². The topological polar surface area (TPSA) is 97.4 Å². The maximum absolute atomic E-state index is 9.89. The Morgan fingerprint density at radius 2 is 2.10 bits per heavy atom. The van der Waals surface area contributed by atoms with Crippen LogP contribution in [0, 0.1) is 0 Å². The van der Waals surface area contributed by atoms with Crippen LogP contribution in [0.15, 0.2) is 55.5 Å². The summed E-state index contributed by atoms with van der Waals surface area (Å²) in [5.74, 6) is 1.08. The molecule has 0 saturated carbocycles. The van der Waals surface area contributed by atoms with E-state index in [2.05, 4.69) is 28.5 Å². The smallest absolute Gasteiger partial charge is 0.222 e. The Kier molecular flexibility index (Phi) is 6.97. The Morgan fingerprint density at radius 1 is 1.28 bits per heavy atom. The molecular weight excluding hydrogens is 366 g/mol. The van der Waals surface area contributed by atoms with Crippen LogP contribution in [-0.4, -0.2) is 32.7 Å². The maximum Gasteiger partial charge on any atom is 0.222 e. The van der Waals surface area contributed by atoms with Gasteiger partial charge in [-0.05, 0) is 24.1 Å². The first-order valence-corrected chi connectivity index (χ1v) is 9.77. The van der Waals surface area contributed by atoms with Crippen molar-refractivity contribution in [1.82, 2.24) is 15.0 Å². The predicted molar refractivity (Wildman–Crippen MR) is 116 cm³/mol. The molecule has 0 aliphatic carbocycles. The average Bonchev–Trinajstić information content (AvgIpc) is 2.76. The number of aliphatic hydroxyl groups is 1. The normalized spacial score (nSPS) is 11.9. The number of pyridine rings is 1. The van der Waals surface area contributed by atoms with Crippen LogP contribution in [0.25, 0.3) is 10.8 Å². The fourth-order valence-electron chi connectivity index (χ4n) is 3.27. The summed E-state index contributed by atoms with van der Waals surface area (Å²) >= 11 is 0. The van der Waals surface area contributed by atoms with E-state index in [-0.39, 0.29) is 25.2 Å². The number of nitrogens with zero attached hydrogens (tertiary/aromatic N) is 4. The van der Waals surface area contributed by atoms with Crippen LogP contribution in [0.2, 0.25) is 0 Å². The van der Waals surface area contributed by atoms with E-state index in [4.69, 9.17) is 10.5 Å². The molecule has 2 aromatic heterocycles. The first kappa shape index (κ1) is 20.5. The summed E-state index contributed by atoms with van der Waals surface area (Å²) in [4.78, 5) is 14.7. The van der Waals surface area contributed by atoms with Gasteiger partial charge in [-0.1, -0.05) is 50.6 Å². The number of fused-ring (bicyclic) bond motifs is 1. The Bertz CT molecular complexity index is 958. The minimum Gasteiger partial charge on any atom is -0.482 e. The molecule has 0 amide bonds. The summed E-state index contributed by atoms with van der Waals surface area (Å²) in [6.45, 7) is 6.23. The number of anilines is 2. The van der Waals surface area contributed by atoms with Gasteiger partial charge in [0.15, 0.2) is 11.6 Å². The molecule has 2 heterocycles. The second kappa shape index (κ2) is 9.84. The molecule has 0 aliphatic rings. The highest BCUT2D eigenvalue weighted by Crippen LogP contribution is 2.30. The molecule has 7 heteroatoms. The van der Waals surface area contributed by atoms with E-state index < -0.39 is 0 Å². The standard InChI is InChI=1S/C22H27N5O2/c1-3-5-9-17(14-28)27(4-2)21-20(13-25-22(23)26-21)29-15-19-18-10-7-6-8-16(18)11-12-24-19/h4,6-8,10-13,17,28H,2-3,5,9,14-15H2,1H3,(H2,23,25,26)/t17-/m0/s1. The lowest BCUT2D eigenvalue weighted by molar-refractivity contribution is 0.254. The molecular formula is C22H27N5O2. The summed E-state index contributed by atoms with van der Waals surface area (Å²) < 4.78 is 6.05. The quantitative estimate of drug-likeness (QED) is 0.542. The SMILES string of the molecule is C=CN(c1nc(N)ncc1OCc1nccc2ccccc12)[C@H](CO)CCCC. The summed E-state index contributed by atoms with van der Waals surface area (Å²) in [6, 6.07) is 9.83. The Hall–Kier alpha value is -3.19. The number of aromatic nitrogens is 3. The van der Waals surface area contributed by atoms with Crippen LogP contribution in [0.1, 0.15) is 31.9 Å². The summed E-state index contributed by atoms with van der Waals surface area (Å²) in [7, 11) is 0. The molecule has 0 fully saturated rings. The molecule has 29 heavy (non-hydrogen) atoms. The number of aliphatic hydroxyl groups excluding tert-OH is 1. The third-order valence-corrected chi connectivity index (χ3v) is 4.81. The van der Waals surface area contributed by atoms with E-state index in [0.29, 0.717) is 11.6 Å². The van der Waals surface area contributed by atoms with Crippen LogP contribution in [0.3, 0.4) is 0 Å². The number of benzene rings is 1. The lowest BCUT2D eigenvalue weighted by Gasteiger charge is -2.29. The van der Waals surface area contributed by atoms with Gasteiger partial charge < -0.3 is 20.5 Å². The molecule has 1 atom stereocenters. The molecule has 3 N–H and O–H groups in total. The minimum absolute atomic E-state index is 0.0275. The number of rotatable bonds is 10. The molecule has 3 aromatic rings. The number of hydrogen-bond acceptors (Lipinski definition) is 7. The van der Waals surface area contributed by atoms with Crippen molar-refractivity contribution < 1.29 is 9.84 Å². The van der Waals surface area contributed by atoms with E-state index in [9.17, 15) is 5.11 Å². The molecule has 1 aromatic carbocycles. The predicted octanol–water partition coefficient (Wildman–Crippen LogP) is 3.69. The number of nitrogens with two attached hydrogens (primary N) is 1. The van der Waals surface area contributed by atoms with Crippen molar-refractivity contribution in [1.29, 1.82) is 0 Å². The molecule has 0 bridgehead atoms. The highest BCUT2D eigenvalue weighted by molar-refractivity contribution is 5.84. The van der Waals surface area contributed by atoms with Gasteiger partial charge in [-0.3, -0.25) is 4.98 Å². The zero-order chi connectivity index (χ0) is 20.6. The van der Waals surface area contributed by atoms with Gasteiger partial charge in [0, 0.05) is 11.6 Å². The van der Waals surface area contributed by atoms with E-state index >= 15 is 0 Å². The van der Waals surface area contributed by atoms with E-state index in [1.807, 2.05) is 30.3 Å². The first-order chi connectivity index (χ1) is 14.2. The average molecular weight is 393 g/mol. The van der Waals surface area contributed by atoms with Crippen molar-refractivity contribution in [3.05, 3.63) is 61.2 Å². The maximum atomic E-state index is 9.89. The van der Waals surface area contributed by atoms with E-state index in [1.54, 1.807) is 23.5 Å². The molecule has 0 aliphatic heterocycles. The number of unbranched alkanes of at least 4 members (excludes halogenated alkanes) is 1. The molecule has 0 radical (unpaired) electrons. The summed E-state index contributed by atoms with van der Waals surface area (Å²) in [5, 5.41) is 12.0. The number of hydrogen-bond donors (Lipinski definition) is 2. The van der Waals surface area contributed by atoms with Crippen molar-refractivity contribution >= 4 is 22.5 Å². The third-order valence-electron chi connectivity index (χ3n) is 4.81. The highest BCUT2D eigenvalue weighted by atomic mass is 16.5. The lowest BCUT2D eigenvalue weighted by Crippen LogP contribution is -2.34. The molecule has 0 saturated heterocycles. The van der Waals surface area contributed by atoms with Crippen LogP contribution >= 0.6 is 0 Å². The van der Waals surface area contributed by atoms with Crippen molar-refractivity contribution in [2.45, 2.75) is 38.8 Å². The van der Waals surface area contributed by atoms with Gasteiger partial charge in [0.1, 0.15) is 6.61 Å². The van der Waals surface area contributed by atoms with E-state index in [1.165, 1.54) is 0 Å². The minimum atomic E-state index is -0.167. The molecule has 152 valence electrons. The van der Waals surface area contributed by atoms with Crippen molar-refractivity contribution in [2.75, 3.05) is 17.2 Å². The largest absolute Gasteiger partial charge is 0.482 e. The molecule has 3 rings (SSSR count). The van der Waals surface area contributed by atoms with Crippen LogP contribution < -0.4 is 15.4 Å². The van der Waals surface area contributed by atoms with Gasteiger partial charge in [0.25, 0.3) is 0 Å². The zero-order valence-electron chi connectivity index (χ0n) is 16.7. The van der Waals surface area contributed by atoms with Gasteiger partial charge >= 0.3 is 0 Å². The molecule has 0 spiro atoms.